The predicted octanol–water partition coefficient (Wildman–Crippen LogP) is 2.71. The second-order valence-corrected chi connectivity index (χ2v) is 4.56. The van der Waals surface area contributed by atoms with Gasteiger partial charge >= 0.3 is 6.18 Å². The number of halogens is 3. The Kier molecular flexibility index (Phi) is 3.47. The Morgan fingerprint density at radius 3 is 2.28 bits per heavy atom. The maximum atomic E-state index is 12.4. The zero-order valence-corrected chi connectivity index (χ0v) is 10.2. The maximum absolute atomic E-state index is 12.4. The summed E-state index contributed by atoms with van der Waals surface area (Å²) in [5.41, 5.74) is -0.161. The van der Waals surface area contributed by atoms with Crippen LogP contribution in [0.4, 0.5) is 18.9 Å². The molecule has 1 aromatic heterocycles. The summed E-state index contributed by atoms with van der Waals surface area (Å²) >= 11 is 0. The molecule has 1 saturated heterocycles. The standard InChI is InChI=1S/C12H15F3N2O/c1-8-6-17(7-9(2)18-8)10-3-4-11(16-5-10)12(13,14)15/h3-5,8-9H,6-7H2,1-2H3. The van der Waals surface area contributed by atoms with E-state index in [4.69, 9.17) is 4.74 Å². The van der Waals surface area contributed by atoms with Crippen molar-refractivity contribution < 1.29 is 17.9 Å². The molecular formula is C12H15F3N2O. The summed E-state index contributed by atoms with van der Waals surface area (Å²) in [4.78, 5) is 5.46. The quantitative estimate of drug-likeness (QED) is 0.776. The first-order valence-electron chi connectivity index (χ1n) is 5.80. The Labute approximate surface area is 104 Å². The van der Waals surface area contributed by atoms with E-state index in [0.29, 0.717) is 18.8 Å². The lowest BCUT2D eigenvalue weighted by Gasteiger charge is -2.36. The van der Waals surface area contributed by atoms with Gasteiger partial charge in [0.25, 0.3) is 0 Å². The Hall–Kier alpha value is -1.30. The SMILES string of the molecule is CC1CN(c2ccc(C(F)(F)F)nc2)CC(C)O1. The van der Waals surface area contributed by atoms with Gasteiger partial charge in [0.2, 0.25) is 0 Å². The fraction of sp³-hybridized carbons (Fsp3) is 0.583. The average molecular weight is 260 g/mol. The molecule has 2 atom stereocenters. The molecular weight excluding hydrogens is 245 g/mol. The molecule has 2 unspecified atom stereocenters. The van der Waals surface area contributed by atoms with Gasteiger partial charge < -0.3 is 9.64 Å². The predicted molar refractivity (Wildman–Crippen MR) is 61.5 cm³/mol. The first-order chi connectivity index (χ1) is 8.36. The molecule has 3 nitrogen and oxygen atoms in total. The summed E-state index contributed by atoms with van der Waals surface area (Å²) in [5, 5.41) is 0. The summed E-state index contributed by atoms with van der Waals surface area (Å²) in [7, 11) is 0. The van der Waals surface area contributed by atoms with E-state index < -0.39 is 11.9 Å². The summed E-state index contributed by atoms with van der Waals surface area (Å²) in [6, 6.07) is 2.47. The van der Waals surface area contributed by atoms with Crippen LogP contribution >= 0.6 is 0 Å². The molecule has 0 radical (unpaired) electrons. The van der Waals surface area contributed by atoms with Crippen molar-refractivity contribution in [2.24, 2.45) is 0 Å². The van der Waals surface area contributed by atoms with E-state index in [2.05, 4.69) is 4.98 Å². The molecule has 0 spiro atoms. The highest BCUT2D eigenvalue weighted by molar-refractivity contribution is 5.45. The number of hydrogen-bond donors (Lipinski definition) is 0. The van der Waals surface area contributed by atoms with Gasteiger partial charge in [-0.05, 0) is 26.0 Å². The highest BCUT2D eigenvalue weighted by Crippen LogP contribution is 2.29. The van der Waals surface area contributed by atoms with Crippen molar-refractivity contribution >= 4 is 5.69 Å². The molecule has 0 bridgehead atoms. The van der Waals surface area contributed by atoms with Gasteiger partial charge in [-0.15, -0.1) is 0 Å². The lowest BCUT2D eigenvalue weighted by molar-refractivity contribution is -0.141. The fourth-order valence-corrected chi connectivity index (χ4v) is 2.13. The minimum Gasteiger partial charge on any atom is -0.372 e. The molecule has 0 aromatic carbocycles. The van der Waals surface area contributed by atoms with Crippen LogP contribution in [0.3, 0.4) is 0 Å². The number of anilines is 1. The topological polar surface area (TPSA) is 25.4 Å². The van der Waals surface area contributed by atoms with Crippen LogP contribution in [0.15, 0.2) is 18.3 Å². The highest BCUT2D eigenvalue weighted by atomic mass is 19.4. The highest BCUT2D eigenvalue weighted by Gasteiger charge is 2.32. The van der Waals surface area contributed by atoms with Crippen molar-refractivity contribution in [1.29, 1.82) is 0 Å². The molecule has 0 aliphatic carbocycles. The number of aromatic nitrogens is 1. The van der Waals surface area contributed by atoms with Crippen LogP contribution in [0.5, 0.6) is 0 Å². The minimum atomic E-state index is -4.38. The molecule has 1 aliphatic rings. The van der Waals surface area contributed by atoms with Crippen LogP contribution in [-0.4, -0.2) is 30.3 Å². The second-order valence-electron chi connectivity index (χ2n) is 4.56. The first kappa shape index (κ1) is 13.1. The Bertz CT molecular complexity index is 395. The summed E-state index contributed by atoms with van der Waals surface area (Å²) < 4.78 is 42.7. The van der Waals surface area contributed by atoms with Crippen LogP contribution in [0.25, 0.3) is 0 Å². The van der Waals surface area contributed by atoms with Crippen molar-refractivity contribution in [1.82, 2.24) is 4.98 Å². The Morgan fingerprint density at radius 2 is 1.83 bits per heavy atom. The molecule has 1 fully saturated rings. The van der Waals surface area contributed by atoms with E-state index in [1.807, 2.05) is 18.7 Å². The van der Waals surface area contributed by atoms with Gasteiger partial charge in [-0.25, -0.2) is 4.98 Å². The maximum Gasteiger partial charge on any atom is 0.433 e. The third kappa shape index (κ3) is 2.93. The van der Waals surface area contributed by atoms with E-state index in [1.54, 1.807) is 0 Å². The molecule has 18 heavy (non-hydrogen) atoms. The summed E-state index contributed by atoms with van der Waals surface area (Å²) in [6.07, 6.45) is -2.98. The molecule has 2 heterocycles. The smallest absolute Gasteiger partial charge is 0.372 e. The van der Waals surface area contributed by atoms with E-state index in [0.717, 1.165) is 6.07 Å². The number of nitrogens with zero attached hydrogens (tertiary/aromatic N) is 2. The number of pyridine rings is 1. The lowest BCUT2D eigenvalue weighted by Crippen LogP contribution is -2.45. The van der Waals surface area contributed by atoms with Crippen LogP contribution < -0.4 is 4.90 Å². The number of ether oxygens (including phenoxy) is 1. The van der Waals surface area contributed by atoms with Gasteiger partial charge in [0, 0.05) is 13.1 Å². The molecule has 0 N–H and O–H groups in total. The lowest BCUT2D eigenvalue weighted by atomic mass is 10.2. The van der Waals surface area contributed by atoms with Crippen LogP contribution in [0.1, 0.15) is 19.5 Å². The van der Waals surface area contributed by atoms with E-state index in [9.17, 15) is 13.2 Å². The fourth-order valence-electron chi connectivity index (χ4n) is 2.13. The van der Waals surface area contributed by atoms with Gasteiger partial charge in [0.1, 0.15) is 5.69 Å². The Morgan fingerprint density at radius 1 is 1.22 bits per heavy atom. The van der Waals surface area contributed by atoms with Gasteiger partial charge in [0.05, 0.1) is 24.1 Å². The van der Waals surface area contributed by atoms with Crippen molar-refractivity contribution in [3.05, 3.63) is 24.0 Å². The number of rotatable bonds is 1. The zero-order chi connectivity index (χ0) is 13.3. The van der Waals surface area contributed by atoms with Gasteiger partial charge in [-0.3, -0.25) is 0 Å². The average Bonchev–Trinajstić information content (AvgIpc) is 2.27. The molecule has 6 heteroatoms. The van der Waals surface area contributed by atoms with Gasteiger partial charge in [-0.1, -0.05) is 0 Å². The van der Waals surface area contributed by atoms with E-state index in [-0.39, 0.29) is 12.2 Å². The first-order valence-corrected chi connectivity index (χ1v) is 5.80. The van der Waals surface area contributed by atoms with Crippen molar-refractivity contribution in [2.75, 3.05) is 18.0 Å². The molecule has 0 saturated carbocycles. The molecule has 100 valence electrons. The monoisotopic (exact) mass is 260 g/mol. The molecule has 0 amide bonds. The second kappa shape index (κ2) is 4.76. The van der Waals surface area contributed by atoms with E-state index in [1.165, 1.54) is 12.3 Å². The Balaban J connectivity index is 2.14. The molecule has 1 aliphatic heterocycles. The normalized spacial score (nSPS) is 25.3. The van der Waals surface area contributed by atoms with Gasteiger partial charge in [0.15, 0.2) is 0 Å². The third-order valence-electron chi connectivity index (χ3n) is 2.82. The summed E-state index contributed by atoms with van der Waals surface area (Å²) in [6.45, 7) is 5.22. The van der Waals surface area contributed by atoms with Crippen LogP contribution in [0, 0.1) is 0 Å². The van der Waals surface area contributed by atoms with Crippen molar-refractivity contribution in [3.8, 4) is 0 Å². The van der Waals surface area contributed by atoms with Crippen LogP contribution in [0.2, 0.25) is 0 Å². The summed E-state index contributed by atoms with van der Waals surface area (Å²) in [5.74, 6) is 0. The number of morpholine rings is 1. The molecule has 1 aromatic rings. The van der Waals surface area contributed by atoms with E-state index >= 15 is 0 Å². The number of alkyl halides is 3. The molecule has 2 rings (SSSR count). The van der Waals surface area contributed by atoms with Crippen molar-refractivity contribution in [3.63, 3.8) is 0 Å². The largest absolute Gasteiger partial charge is 0.433 e. The zero-order valence-electron chi connectivity index (χ0n) is 10.2. The minimum absolute atomic E-state index is 0.0658. The van der Waals surface area contributed by atoms with Gasteiger partial charge in [-0.2, -0.15) is 13.2 Å². The van der Waals surface area contributed by atoms with Crippen molar-refractivity contribution in [2.45, 2.75) is 32.2 Å². The van der Waals surface area contributed by atoms with Crippen LogP contribution in [-0.2, 0) is 10.9 Å². The number of hydrogen-bond acceptors (Lipinski definition) is 3. The third-order valence-corrected chi connectivity index (χ3v) is 2.82.